The topological polar surface area (TPSA) is 95.2 Å². The monoisotopic (exact) mass is 373 g/mol. The van der Waals surface area contributed by atoms with Gasteiger partial charge < -0.3 is 20.5 Å². The van der Waals surface area contributed by atoms with Crippen molar-refractivity contribution >= 4 is 22.4 Å². The molecule has 0 radical (unpaired) electrons. The summed E-state index contributed by atoms with van der Waals surface area (Å²) in [5.74, 6) is 2.19. The van der Waals surface area contributed by atoms with E-state index >= 15 is 0 Å². The molecule has 7 nitrogen and oxygen atoms in total. The fourth-order valence-electron chi connectivity index (χ4n) is 2.79. The van der Waals surface area contributed by atoms with Crippen LogP contribution in [0.4, 0.5) is 11.5 Å². The molecule has 0 bridgehead atoms. The lowest BCUT2D eigenvalue weighted by molar-refractivity contribution is 0.414. The Morgan fingerprint density at radius 3 is 2.61 bits per heavy atom. The van der Waals surface area contributed by atoms with E-state index in [2.05, 4.69) is 20.3 Å². The lowest BCUT2D eigenvalue weighted by atomic mass is 10.2. The molecule has 0 aliphatic rings. The van der Waals surface area contributed by atoms with Crippen LogP contribution >= 0.6 is 0 Å². The Morgan fingerprint density at radius 2 is 1.79 bits per heavy atom. The van der Waals surface area contributed by atoms with Gasteiger partial charge in [0, 0.05) is 18.1 Å². The largest absolute Gasteiger partial charge is 0.497 e. The van der Waals surface area contributed by atoms with E-state index in [1.165, 1.54) is 6.33 Å². The van der Waals surface area contributed by atoms with E-state index in [4.69, 9.17) is 15.2 Å². The van der Waals surface area contributed by atoms with Crippen molar-refractivity contribution in [3.05, 3.63) is 72.7 Å². The number of aromatic nitrogens is 3. The quantitative estimate of drug-likeness (QED) is 0.527. The molecule has 4 rings (SSSR count). The summed E-state index contributed by atoms with van der Waals surface area (Å²) in [5.41, 5.74) is 8.38. The van der Waals surface area contributed by atoms with Gasteiger partial charge in [-0.25, -0.2) is 4.98 Å². The number of pyridine rings is 1. The van der Waals surface area contributed by atoms with E-state index in [0.29, 0.717) is 23.8 Å². The van der Waals surface area contributed by atoms with Crippen molar-refractivity contribution < 1.29 is 9.47 Å². The first-order chi connectivity index (χ1) is 13.7. The summed E-state index contributed by atoms with van der Waals surface area (Å²) in [6.45, 7) is 0.556. The van der Waals surface area contributed by atoms with Crippen LogP contribution in [0.15, 0.2) is 67.1 Å². The highest BCUT2D eigenvalue weighted by Crippen LogP contribution is 2.32. The van der Waals surface area contributed by atoms with Crippen LogP contribution in [0.2, 0.25) is 0 Å². The van der Waals surface area contributed by atoms with Gasteiger partial charge in [-0.2, -0.15) is 4.98 Å². The number of hydrogen-bond acceptors (Lipinski definition) is 7. The summed E-state index contributed by atoms with van der Waals surface area (Å²) in [7, 11) is 1.64. The van der Waals surface area contributed by atoms with Gasteiger partial charge in [0.25, 0.3) is 0 Å². The molecule has 0 amide bonds. The molecule has 0 saturated heterocycles. The van der Waals surface area contributed by atoms with Gasteiger partial charge in [0.1, 0.15) is 23.3 Å². The Balaban J connectivity index is 1.54. The number of benzene rings is 2. The number of nitrogens with one attached hydrogen (secondary N) is 1. The molecule has 0 spiro atoms. The third-order valence-electron chi connectivity index (χ3n) is 4.27. The zero-order valence-electron chi connectivity index (χ0n) is 15.3. The zero-order valence-corrected chi connectivity index (χ0v) is 15.3. The van der Waals surface area contributed by atoms with Crippen LogP contribution in [0, 0.1) is 0 Å². The molecule has 3 N–H and O–H groups in total. The number of para-hydroxylation sites is 1. The number of anilines is 2. The number of hydrogen-bond donors (Lipinski definition) is 2. The van der Waals surface area contributed by atoms with Crippen molar-refractivity contribution in [1.82, 2.24) is 15.0 Å². The van der Waals surface area contributed by atoms with E-state index in [9.17, 15) is 0 Å². The second kappa shape index (κ2) is 7.79. The van der Waals surface area contributed by atoms with Gasteiger partial charge in [-0.3, -0.25) is 4.98 Å². The summed E-state index contributed by atoms with van der Waals surface area (Å²) in [6, 6.07) is 17.3. The molecule has 7 heteroatoms. The second-order valence-corrected chi connectivity index (χ2v) is 6.08. The molecule has 0 aliphatic carbocycles. The first-order valence-electron chi connectivity index (χ1n) is 8.73. The molecule has 0 aliphatic heterocycles. The number of rotatable bonds is 6. The van der Waals surface area contributed by atoms with Crippen molar-refractivity contribution in [1.29, 1.82) is 0 Å². The van der Waals surface area contributed by atoms with Crippen LogP contribution in [0.25, 0.3) is 10.9 Å². The summed E-state index contributed by atoms with van der Waals surface area (Å²) >= 11 is 0. The van der Waals surface area contributed by atoms with Gasteiger partial charge in [-0.1, -0.05) is 30.3 Å². The third-order valence-corrected chi connectivity index (χ3v) is 4.27. The van der Waals surface area contributed by atoms with Crippen molar-refractivity contribution in [3.63, 3.8) is 0 Å². The Kier molecular flexibility index (Phi) is 4.88. The SMILES string of the molecule is COc1ccc(CNc2ncnc(Oc3cccc4cccnc34)c2N)cc1. The number of nitrogens with two attached hydrogens (primary N) is 1. The van der Waals surface area contributed by atoms with Gasteiger partial charge in [-0.05, 0) is 29.8 Å². The average Bonchev–Trinajstić information content (AvgIpc) is 2.75. The van der Waals surface area contributed by atoms with Crippen molar-refractivity contribution in [3.8, 4) is 17.4 Å². The lowest BCUT2D eigenvalue weighted by Gasteiger charge is -2.12. The highest BCUT2D eigenvalue weighted by atomic mass is 16.5. The number of ether oxygens (including phenoxy) is 2. The summed E-state index contributed by atoms with van der Waals surface area (Å²) in [4.78, 5) is 12.8. The van der Waals surface area contributed by atoms with E-state index in [-0.39, 0.29) is 5.88 Å². The molecule has 2 aromatic heterocycles. The van der Waals surface area contributed by atoms with E-state index in [1.807, 2.05) is 54.6 Å². The highest BCUT2D eigenvalue weighted by Gasteiger charge is 2.12. The fourth-order valence-corrected chi connectivity index (χ4v) is 2.79. The van der Waals surface area contributed by atoms with Crippen LogP contribution in [0.1, 0.15) is 5.56 Å². The average molecular weight is 373 g/mol. The lowest BCUT2D eigenvalue weighted by Crippen LogP contribution is -2.07. The predicted molar refractivity (Wildman–Crippen MR) is 109 cm³/mol. The van der Waals surface area contributed by atoms with Gasteiger partial charge in [-0.15, -0.1) is 0 Å². The first-order valence-corrected chi connectivity index (χ1v) is 8.73. The predicted octanol–water partition coefficient (Wildman–Crippen LogP) is 4.02. The molecular weight excluding hydrogens is 354 g/mol. The smallest absolute Gasteiger partial charge is 0.248 e. The molecule has 2 aromatic carbocycles. The van der Waals surface area contributed by atoms with Crippen LogP contribution < -0.4 is 20.5 Å². The number of fused-ring (bicyclic) bond motifs is 1. The molecule has 4 aromatic rings. The maximum atomic E-state index is 6.23. The Bertz CT molecular complexity index is 1090. The molecule has 0 unspecified atom stereocenters. The fraction of sp³-hybridized carbons (Fsp3) is 0.0952. The first kappa shape index (κ1) is 17.5. The highest BCUT2D eigenvalue weighted by molar-refractivity contribution is 5.84. The minimum atomic E-state index is 0.283. The summed E-state index contributed by atoms with van der Waals surface area (Å²) in [6.07, 6.45) is 3.14. The Morgan fingerprint density at radius 1 is 0.964 bits per heavy atom. The molecule has 0 saturated carbocycles. The van der Waals surface area contributed by atoms with Gasteiger partial charge in [0.2, 0.25) is 5.88 Å². The number of methoxy groups -OCH3 is 1. The minimum Gasteiger partial charge on any atom is -0.497 e. The van der Waals surface area contributed by atoms with E-state index in [1.54, 1.807) is 13.3 Å². The van der Waals surface area contributed by atoms with Crippen LogP contribution in [-0.4, -0.2) is 22.1 Å². The molecule has 28 heavy (non-hydrogen) atoms. The second-order valence-electron chi connectivity index (χ2n) is 6.08. The Labute approximate surface area is 162 Å². The van der Waals surface area contributed by atoms with Crippen LogP contribution in [0.5, 0.6) is 17.4 Å². The summed E-state index contributed by atoms with van der Waals surface area (Å²) in [5, 5.41) is 4.19. The van der Waals surface area contributed by atoms with Crippen LogP contribution in [0.3, 0.4) is 0 Å². The standard InChI is InChI=1S/C21H19N5O2/c1-27-16-9-7-14(8-10-16)12-24-20-18(22)21(26-13-25-20)28-17-6-2-4-15-5-3-11-23-19(15)17/h2-11,13H,12,22H2,1H3,(H,24,25,26). The number of nitrogen functional groups attached to an aromatic ring is 1. The third kappa shape index (κ3) is 3.64. The molecule has 140 valence electrons. The minimum absolute atomic E-state index is 0.283. The van der Waals surface area contributed by atoms with Crippen LogP contribution in [-0.2, 0) is 6.54 Å². The van der Waals surface area contributed by atoms with E-state index in [0.717, 1.165) is 22.2 Å². The maximum absolute atomic E-state index is 6.23. The van der Waals surface area contributed by atoms with E-state index < -0.39 is 0 Å². The molecule has 2 heterocycles. The zero-order chi connectivity index (χ0) is 19.3. The van der Waals surface area contributed by atoms with Crippen molar-refractivity contribution in [2.24, 2.45) is 0 Å². The van der Waals surface area contributed by atoms with Gasteiger partial charge in [0.15, 0.2) is 11.6 Å². The maximum Gasteiger partial charge on any atom is 0.248 e. The van der Waals surface area contributed by atoms with Crippen molar-refractivity contribution in [2.75, 3.05) is 18.2 Å². The van der Waals surface area contributed by atoms with Gasteiger partial charge in [0.05, 0.1) is 7.11 Å². The number of nitrogens with zero attached hydrogens (tertiary/aromatic N) is 3. The molecule has 0 atom stereocenters. The Hall–Kier alpha value is -3.87. The molecular formula is C21H19N5O2. The molecule has 0 fully saturated rings. The van der Waals surface area contributed by atoms with Crippen molar-refractivity contribution in [2.45, 2.75) is 6.54 Å². The van der Waals surface area contributed by atoms with Gasteiger partial charge >= 0.3 is 0 Å². The normalized spacial score (nSPS) is 10.6. The summed E-state index contributed by atoms with van der Waals surface area (Å²) < 4.78 is 11.1.